The first kappa shape index (κ1) is 13.6. The normalized spacial score (nSPS) is 29.5. The molecule has 0 amide bonds. The van der Waals surface area contributed by atoms with Gasteiger partial charge in [0.15, 0.2) is 0 Å². The Morgan fingerprint density at radius 3 is 2.50 bits per heavy atom. The molecular weight excluding hydrogens is 250 g/mol. The van der Waals surface area contributed by atoms with Crippen molar-refractivity contribution in [3.8, 4) is 0 Å². The van der Waals surface area contributed by atoms with Crippen LogP contribution in [0.25, 0.3) is 0 Å². The molecule has 0 saturated heterocycles. The van der Waals surface area contributed by atoms with E-state index in [2.05, 4.69) is 27.6 Å². The predicted octanol–water partition coefficient (Wildman–Crippen LogP) is 2.62. The monoisotopic (exact) mass is 275 g/mol. The molecule has 2 fully saturated rings. The second-order valence-electron chi connectivity index (χ2n) is 6.51. The minimum Gasteiger partial charge on any atom is -0.367 e. The third kappa shape index (κ3) is 2.35. The van der Waals surface area contributed by atoms with E-state index in [4.69, 9.17) is 5.84 Å². The first-order valence-electron chi connectivity index (χ1n) is 7.67. The zero-order valence-corrected chi connectivity index (χ0v) is 12.6. The first-order chi connectivity index (χ1) is 9.58. The quantitative estimate of drug-likeness (QED) is 0.582. The highest BCUT2D eigenvalue weighted by Gasteiger charge is 2.41. The lowest BCUT2D eigenvalue weighted by molar-refractivity contribution is 0.304. The molecule has 110 valence electrons. The van der Waals surface area contributed by atoms with Crippen molar-refractivity contribution in [3.05, 3.63) is 11.4 Å². The average molecular weight is 275 g/mol. The first-order valence-corrected chi connectivity index (χ1v) is 7.67. The van der Waals surface area contributed by atoms with E-state index in [0.29, 0.717) is 11.9 Å². The van der Waals surface area contributed by atoms with E-state index in [-0.39, 0.29) is 0 Å². The molecular formula is C15H25N5. The van der Waals surface area contributed by atoms with Gasteiger partial charge in [-0.1, -0.05) is 6.42 Å². The Labute approximate surface area is 120 Å². The topological polar surface area (TPSA) is 75.9 Å². The number of anilines is 2. The number of aromatic nitrogens is 2. The molecule has 4 unspecified atom stereocenters. The van der Waals surface area contributed by atoms with E-state index < -0.39 is 0 Å². The molecule has 1 aromatic rings. The van der Waals surface area contributed by atoms with Crippen molar-refractivity contribution in [2.45, 2.75) is 52.5 Å². The van der Waals surface area contributed by atoms with Crippen LogP contribution < -0.4 is 16.6 Å². The molecule has 4 atom stereocenters. The molecule has 5 nitrogen and oxygen atoms in total. The van der Waals surface area contributed by atoms with Gasteiger partial charge in [0.25, 0.3) is 0 Å². The van der Waals surface area contributed by atoms with Crippen molar-refractivity contribution in [1.29, 1.82) is 0 Å². The maximum atomic E-state index is 5.52. The third-order valence-corrected chi connectivity index (χ3v) is 5.19. The van der Waals surface area contributed by atoms with Crippen LogP contribution in [0.15, 0.2) is 0 Å². The summed E-state index contributed by atoms with van der Waals surface area (Å²) in [7, 11) is 0. The van der Waals surface area contributed by atoms with Crippen molar-refractivity contribution in [2.24, 2.45) is 23.6 Å². The number of hydrazine groups is 1. The molecule has 2 saturated carbocycles. The van der Waals surface area contributed by atoms with Crippen molar-refractivity contribution in [1.82, 2.24) is 9.97 Å². The maximum absolute atomic E-state index is 5.52. The maximum Gasteiger partial charge on any atom is 0.148 e. The Bertz CT molecular complexity index is 501. The second kappa shape index (κ2) is 5.20. The van der Waals surface area contributed by atoms with Gasteiger partial charge < -0.3 is 10.7 Å². The van der Waals surface area contributed by atoms with Gasteiger partial charge in [-0.15, -0.1) is 0 Å². The van der Waals surface area contributed by atoms with Crippen LogP contribution >= 0.6 is 0 Å². The largest absolute Gasteiger partial charge is 0.367 e. The molecule has 5 heteroatoms. The summed E-state index contributed by atoms with van der Waals surface area (Å²) in [5.41, 5.74) is 3.65. The van der Waals surface area contributed by atoms with Gasteiger partial charge in [-0.2, -0.15) is 0 Å². The van der Waals surface area contributed by atoms with Crippen LogP contribution in [0.3, 0.4) is 0 Å². The highest BCUT2D eigenvalue weighted by Crippen LogP contribution is 2.49. The van der Waals surface area contributed by atoms with E-state index in [1.165, 1.54) is 25.7 Å². The van der Waals surface area contributed by atoms with Crippen molar-refractivity contribution in [2.75, 3.05) is 10.7 Å². The number of nitrogens with one attached hydrogen (secondary N) is 2. The summed E-state index contributed by atoms with van der Waals surface area (Å²) in [5, 5.41) is 3.61. The summed E-state index contributed by atoms with van der Waals surface area (Å²) in [6.45, 7) is 6.19. The molecule has 1 heterocycles. The Morgan fingerprint density at radius 2 is 1.90 bits per heavy atom. The smallest absolute Gasteiger partial charge is 0.148 e. The van der Waals surface area contributed by atoms with E-state index >= 15 is 0 Å². The molecule has 0 radical (unpaired) electrons. The molecule has 0 aromatic carbocycles. The van der Waals surface area contributed by atoms with E-state index in [0.717, 1.165) is 35.0 Å². The number of fused-ring (bicyclic) bond motifs is 2. The standard InChI is InChI=1S/C15H25N5/c1-8-14(18-10(3)19-15(8)20-16)17-9(2)13-7-11-4-5-12(13)6-11/h9,11-13H,4-7,16H2,1-3H3,(H2,17,18,19,20). The molecule has 2 aliphatic carbocycles. The molecule has 2 bridgehead atoms. The van der Waals surface area contributed by atoms with Gasteiger partial charge in [0.1, 0.15) is 17.5 Å². The van der Waals surface area contributed by atoms with Crippen LogP contribution in [-0.2, 0) is 0 Å². The summed E-state index contributed by atoms with van der Waals surface area (Å²) in [4.78, 5) is 8.84. The summed E-state index contributed by atoms with van der Waals surface area (Å²) < 4.78 is 0. The highest BCUT2D eigenvalue weighted by atomic mass is 15.3. The zero-order valence-electron chi connectivity index (χ0n) is 12.6. The Hall–Kier alpha value is -1.36. The number of hydrogen-bond acceptors (Lipinski definition) is 5. The Balaban J connectivity index is 1.76. The fourth-order valence-electron chi connectivity index (χ4n) is 4.14. The van der Waals surface area contributed by atoms with Crippen LogP contribution in [0.1, 0.15) is 44.0 Å². The number of aryl methyl sites for hydroxylation is 1. The Morgan fingerprint density at radius 1 is 1.15 bits per heavy atom. The van der Waals surface area contributed by atoms with Crippen LogP contribution in [0, 0.1) is 31.6 Å². The summed E-state index contributed by atoms with van der Waals surface area (Å²) in [5.74, 6) is 10.6. The van der Waals surface area contributed by atoms with Gasteiger partial charge in [-0.3, -0.25) is 0 Å². The Kier molecular flexibility index (Phi) is 3.54. The number of nitrogens with two attached hydrogens (primary N) is 1. The predicted molar refractivity (Wildman–Crippen MR) is 81.3 cm³/mol. The molecule has 4 N–H and O–H groups in total. The fraction of sp³-hybridized carbons (Fsp3) is 0.733. The van der Waals surface area contributed by atoms with Crippen molar-refractivity contribution < 1.29 is 0 Å². The lowest BCUT2D eigenvalue weighted by Gasteiger charge is -2.29. The minimum absolute atomic E-state index is 0.462. The lowest BCUT2D eigenvalue weighted by atomic mass is 9.84. The molecule has 2 aliphatic rings. The van der Waals surface area contributed by atoms with E-state index in [9.17, 15) is 0 Å². The SMILES string of the molecule is Cc1nc(NN)c(C)c(NC(C)C2CC3CCC2C3)n1. The molecule has 1 aromatic heterocycles. The molecule has 0 spiro atoms. The zero-order chi connectivity index (χ0) is 14.3. The second-order valence-corrected chi connectivity index (χ2v) is 6.51. The van der Waals surface area contributed by atoms with Crippen LogP contribution in [0.2, 0.25) is 0 Å². The summed E-state index contributed by atoms with van der Waals surface area (Å²) in [6.07, 6.45) is 5.68. The van der Waals surface area contributed by atoms with Crippen LogP contribution in [-0.4, -0.2) is 16.0 Å². The number of nitrogens with zero attached hydrogens (tertiary/aromatic N) is 2. The number of rotatable bonds is 4. The minimum atomic E-state index is 0.462. The van der Waals surface area contributed by atoms with Gasteiger partial charge in [0, 0.05) is 11.6 Å². The van der Waals surface area contributed by atoms with Crippen LogP contribution in [0.4, 0.5) is 11.6 Å². The van der Waals surface area contributed by atoms with Gasteiger partial charge in [-0.05, 0) is 57.8 Å². The number of nitrogen functional groups attached to an aromatic ring is 1. The van der Waals surface area contributed by atoms with Gasteiger partial charge in [-0.25, -0.2) is 15.8 Å². The average Bonchev–Trinajstić information content (AvgIpc) is 3.04. The lowest BCUT2D eigenvalue weighted by Crippen LogP contribution is -2.31. The van der Waals surface area contributed by atoms with E-state index in [1.807, 2.05) is 13.8 Å². The van der Waals surface area contributed by atoms with Crippen LogP contribution in [0.5, 0.6) is 0 Å². The van der Waals surface area contributed by atoms with Gasteiger partial charge >= 0.3 is 0 Å². The fourth-order valence-corrected chi connectivity index (χ4v) is 4.14. The number of hydrogen-bond donors (Lipinski definition) is 3. The molecule has 20 heavy (non-hydrogen) atoms. The van der Waals surface area contributed by atoms with Crippen molar-refractivity contribution in [3.63, 3.8) is 0 Å². The summed E-state index contributed by atoms with van der Waals surface area (Å²) >= 11 is 0. The van der Waals surface area contributed by atoms with Crippen molar-refractivity contribution >= 4 is 11.6 Å². The van der Waals surface area contributed by atoms with E-state index in [1.54, 1.807) is 0 Å². The van der Waals surface area contributed by atoms with Gasteiger partial charge in [0.05, 0.1) is 0 Å². The highest BCUT2D eigenvalue weighted by molar-refractivity contribution is 5.57. The molecule has 0 aliphatic heterocycles. The van der Waals surface area contributed by atoms with Gasteiger partial charge in [0.2, 0.25) is 0 Å². The summed E-state index contributed by atoms with van der Waals surface area (Å²) in [6, 6.07) is 0.462. The third-order valence-electron chi connectivity index (χ3n) is 5.19. The molecule has 3 rings (SSSR count).